The van der Waals surface area contributed by atoms with Crippen molar-refractivity contribution in [3.05, 3.63) is 35.6 Å². The molecule has 1 aromatic carbocycles. The summed E-state index contributed by atoms with van der Waals surface area (Å²) in [7, 11) is 1.71. The van der Waals surface area contributed by atoms with E-state index in [1.54, 1.807) is 24.1 Å². The summed E-state index contributed by atoms with van der Waals surface area (Å²) in [6.45, 7) is 2.72. The first-order chi connectivity index (χ1) is 10.5. The number of nitrogens with one attached hydrogen (secondary N) is 1. The number of carbonyl (C=O) groups excluding carboxylic acids is 2. The van der Waals surface area contributed by atoms with E-state index in [1.165, 1.54) is 12.1 Å². The molecule has 0 aliphatic carbocycles. The summed E-state index contributed by atoms with van der Waals surface area (Å²) in [6, 6.07) is 5.72. The molecule has 1 heterocycles. The summed E-state index contributed by atoms with van der Waals surface area (Å²) < 4.78 is 13.1. The highest BCUT2D eigenvalue weighted by atomic mass is 19.1. The largest absolute Gasteiger partial charge is 0.356 e. The van der Waals surface area contributed by atoms with Crippen LogP contribution in [-0.2, 0) is 9.59 Å². The fraction of sp³-hybridized carbons (Fsp3) is 0.529. The van der Waals surface area contributed by atoms with Crippen molar-refractivity contribution in [1.82, 2.24) is 10.2 Å². The first-order valence-electron chi connectivity index (χ1n) is 7.83. The van der Waals surface area contributed by atoms with Gasteiger partial charge in [-0.25, -0.2) is 4.39 Å². The Morgan fingerprint density at radius 1 is 1.36 bits per heavy atom. The van der Waals surface area contributed by atoms with Gasteiger partial charge < -0.3 is 10.2 Å². The Balaban J connectivity index is 2.20. The van der Waals surface area contributed by atoms with Crippen LogP contribution in [0.1, 0.15) is 44.2 Å². The Morgan fingerprint density at radius 2 is 2.05 bits per heavy atom. The van der Waals surface area contributed by atoms with Crippen molar-refractivity contribution in [1.29, 1.82) is 0 Å². The zero-order chi connectivity index (χ0) is 16.1. The van der Waals surface area contributed by atoms with E-state index in [1.807, 2.05) is 0 Å². The molecule has 22 heavy (non-hydrogen) atoms. The molecule has 2 amide bonds. The standard InChI is InChI=1S/C17H23FN2O2/c1-3-4-11-19-17(22)14-9-10-15(21)20(2)16(14)12-5-7-13(18)8-6-12/h5-8,14,16H,3-4,9-11H2,1-2H3,(H,19,22). The lowest BCUT2D eigenvalue weighted by molar-refractivity contribution is -0.141. The van der Waals surface area contributed by atoms with Crippen molar-refractivity contribution in [2.45, 2.75) is 38.6 Å². The summed E-state index contributed by atoms with van der Waals surface area (Å²) in [5, 5.41) is 2.95. The van der Waals surface area contributed by atoms with Crippen molar-refractivity contribution < 1.29 is 14.0 Å². The number of rotatable bonds is 5. The van der Waals surface area contributed by atoms with Crippen molar-refractivity contribution in [3.63, 3.8) is 0 Å². The van der Waals surface area contributed by atoms with Gasteiger partial charge in [-0.05, 0) is 30.5 Å². The molecule has 2 atom stereocenters. The monoisotopic (exact) mass is 306 g/mol. The van der Waals surface area contributed by atoms with Crippen LogP contribution in [0.2, 0.25) is 0 Å². The third-order valence-electron chi connectivity index (χ3n) is 4.24. The van der Waals surface area contributed by atoms with E-state index in [0.717, 1.165) is 18.4 Å². The predicted octanol–water partition coefficient (Wildman–Crippen LogP) is 2.65. The van der Waals surface area contributed by atoms with E-state index < -0.39 is 0 Å². The Morgan fingerprint density at radius 3 is 2.68 bits per heavy atom. The van der Waals surface area contributed by atoms with Gasteiger partial charge >= 0.3 is 0 Å². The fourth-order valence-corrected chi connectivity index (χ4v) is 2.95. The van der Waals surface area contributed by atoms with Crippen molar-refractivity contribution in [3.8, 4) is 0 Å². The van der Waals surface area contributed by atoms with Gasteiger partial charge in [0.15, 0.2) is 0 Å². The molecule has 120 valence electrons. The third-order valence-corrected chi connectivity index (χ3v) is 4.24. The van der Waals surface area contributed by atoms with Crippen LogP contribution < -0.4 is 5.32 Å². The SMILES string of the molecule is CCCCNC(=O)C1CCC(=O)N(C)C1c1ccc(F)cc1. The highest BCUT2D eigenvalue weighted by molar-refractivity contribution is 5.84. The Bertz CT molecular complexity index is 530. The highest BCUT2D eigenvalue weighted by Crippen LogP contribution is 2.35. The Kier molecular flexibility index (Phi) is 5.52. The number of unbranched alkanes of at least 4 members (excludes halogenated alkanes) is 1. The van der Waals surface area contributed by atoms with Crippen LogP contribution in [-0.4, -0.2) is 30.3 Å². The lowest BCUT2D eigenvalue weighted by Crippen LogP contribution is -2.46. The second kappa shape index (κ2) is 7.38. The van der Waals surface area contributed by atoms with Gasteiger partial charge in [0.25, 0.3) is 0 Å². The third kappa shape index (κ3) is 3.64. The van der Waals surface area contributed by atoms with Crippen LogP contribution in [0.15, 0.2) is 24.3 Å². The van der Waals surface area contributed by atoms with Gasteiger partial charge in [-0.2, -0.15) is 0 Å². The van der Waals surface area contributed by atoms with Crippen LogP contribution in [0.5, 0.6) is 0 Å². The number of amides is 2. The maximum atomic E-state index is 13.1. The average molecular weight is 306 g/mol. The Labute approximate surface area is 130 Å². The van der Waals surface area contributed by atoms with Gasteiger partial charge in [-0.1, -0.05) is 25.5 Å². The first kappa shape index (κ1) is 16.5. The number of piperidine rings is 1. The fourth-order valence-electron chi connectivity index (χ4n) is 2.95. The van der Waals surface area contributed by atoms with Crippen LogP contribution in [0, 0.1) is 11.7 Å². The van der Waals surface area contributed by atoms with E-state index in [4.69, 9.17) is 0 Å². The number of likely N-dealkylation sites (tertiary alicyclic amines) is 1. The number of hydrogen-bond acceptors (Lipinski definition) is 2. The van der Waals surface area contributed by atoms with E-state index in [2.05, 4.69) is 12.2 Å². The number of benzene rings is 1. The molecule has 1 aromatic rings. The van der Waals surface area contributed by atoms with E-state index >= 15 is 0 Å². The van der Waals surface area contributed by atoms with Crippen molar-refractivity contribution in [2.24, 2.45) is 5.92 Å². The topological polar surface area (TPSA) is 49.4 Å². The van der Waals surface area contributed by atoms with Gasteiger partial charge in [0.1, 0.15) is 5.82 Å². The average Bonchev–Trinajstić information content (AvgIpc) is 2.51. The van der Waals surface area contributed by atoms with E-state index in [0.29, 0.717) is 19.4 Å². The molecule has 2 unspecified atom stereocenters. The molecular weight excluding hydrogens is 283 g/mol. The van der Waals surface area contributed by atoms with Gasteiger partial charge in [-0.15, -0.1) is 0 Å². The molecule has 0 aromatic heterocycles. The lowest BCUT2D eigenvalue weighted by atomic mass is 9.84. The molecule has 1 fully saturated rings. The summed E-state index contributed by atoms with van der Waals surface area (Å²) in [6.07, 6.45) is 2.86. The van der Waals surface area contributed by atoms with Crippen LogP contribution in [0.3, 0.4) is 0 Å². The molecule has 0 bridgehead atoms. The van der Waals surface area contributed by atoms with E-state index in [-0.39, 0.29) is 29.6 Å². The first-order valence-corrected chi connectivity index (χ1v) is 7.83. The number of nitrogens with zero attached hydrogens (tertiary/aromatic N) is 1. The molecule has 1 aliphatic heterocycles. The second-order valence-corrected chi connectivity index (χ2v) is 5.79. The van der Waals surface area contributed by atoms with Gasteiger partial charge in [0, 0.05) is 20.0 Å². The molecule has 0 saturated carbocycles. The summed E-state index contributed by atoms with van der Waals surface area (Å²) in [5.41, 5.74) is 0.799. The van der Waals surface area contributed by atoms with E-state index in [9.17, 15) is 14.0 Å². The summed E-state index contributed by atoms with van der Waals surface area (Å²) in [5.74, 6) is -0.614. The molecule has 1 N–H and O–H groups in total. The molecular formula is C17H23FN2O2. The predicted molar refractivity (Wildman–Crippen MR) is 82.6 cm³/mol. The number of halogens is 1. The minimum atomic E-state index is -0.330. The van der Waals surface area contributed by atoms with Gasteiger partial charge in [0.05, 0.1) is 12.0 Å². The smallest absolute Gasteiger partial charge is 0.225 e. The van der Waals surface area contributed by atoms with Crippen LogP contribution in [0.25, 0.3) is 0 Å². The quantitative estimate of drug-likeness (QED) is 0.850. The maximum absolute atomic E-state index is 13.1. The summed E-state index contributed by atoms with van der Waals surface area (Å²) >= 11 is 0. The minimum absolute atomic E-state index is 0.0203. The van der Waals surface area contributed by atoms with Gasteiger partial charge in [-0.3, -0.25) is 9.59 Å². The molecule has 0 spiro atoms. The van der Waals surface area contributed by atoms with Crippen molar-refractivity contribution >= 4 is 11.8 Å². The molecule has 1 aliphatic rings. The zero-order valence-corrected chi connectivity index (χ0v) is 13.1. The lowest BCUT2D eigenvalue weighted by Gasteiger charge is -2.38. The minimum Gasteiger partial charge on any atom is -0.356 e. The van der Waals surface area contributed by atoms with Crippen molar-refractivity contribution in [2.75, 3.05) is 13.6 Å². The summed E-state index contributed by atoms with van der Waals surface area (Å²) in [4.78, 5) is 26.1. The molecule has 2 rings (SSSR count). The number of carbonyl (C=O) groups is 2. The molecule has 0 radical (unpaired) electrons. The Hall–Kier alpha value is -1.91. The van der Waals surface area contributed by atoms with Crippen LogP contribution >= 0.6 is 0 Å². The molecule has 1 saturated heterocycles. The second-order valence-electron chi connectivity index (χ2n) is 5.79. The van der Waals surface area contributed by atoms with Gasteiger partial charge in [0.2, 0.25) is 11.8 Å². The molecule has 4 nitrogen and oxygen atoms in total. The maximum Gasteiger partial charge on any atom is 0.225 e. The normalized spacial score (nSPS) is 21.8. The zero-order valence-electron chi connectivity index (χ0n) is 13.1. The van der Waals surface area contributed by atoms with Crippen LogP contribution in [0.4, 0.5) is 4.39 Å². The number of hydrogen-bond donors (Lipinski definition) is 1. The molecule has 5 heteroatoms. The highest BCUT2D eigenvalue weighted by Gasteiger charge is 2.38.